The number of unbranched alkanes of at least 4 members (excludes halogenated alkanes) is 4. The fourth-order valence-corrected chi connectivity index (χ4v) is 10.4. The Morgan fingerprint density at radius 1 is 0.474 bits per heavy atom. The van der Waals surface area contributed by atoms with Gasteiger partial charge in [0.15, 0.2) is 23.0 Å². The zero-order valence-corrected chi connectivity index (χ0v) is 57.7. The zero-order valence-electron chi connectivity index (χ0n) is 56.9. The predicted molar refractivity (Wildman–Crippen MR) is 359 cm³/mol. The summed E-state index contributed by atoms with van der Waals surface area (Å²) in [5.41, 5.74) is 24.3. The minimum Gasteiger partial charge on any atom is -0.480 e. The Kier molecular flexibility index (Phi) is 39.3. The summed E-state index contributed by atoms with van der Waals surface area (Å²) in [4.78, 5) is 152. The van der Waals surface area contributed by atoms with E-state index in [1.54, 1.807) is 56.5 Å². The van der Waals surface area contributed by atoms with Crippen LogP contribution in [0, 0.1) is 0 Å². The van der Waals surface area contributed by atoms with E-state index in [1.165, 1.54) is 41.2 Å². The first-order chi connectivity index (χ1) is 46.8. The monoisotopic (exact) mass is 1390 g/mol. The second kappa shape index (κ2) is 46.6. The average molecular weight is 1390 g/mol. The van der Waals surface area contributed by atoms with Gasteiger partial charge in [-0.15, -0.1) is 0 Å². The largest absolute Gasteiger partial charge is 0.480 e. The normalized spacial score (nSPS) is 12.2. The van der Waals surface area contributed by atoms with Gasteiger partial charge in [-0.3, -0.25) is 48.5 Å². The van der Waals surface area contributed by atoms with Gasteiger partial charge in [0.05, 0.1) is 39.5 Å². The molecule has 2 heterocycles. The van der Waals surface area contributed by atoms with Crippen molar-refractivity contribution >= 4 is 70.9 Å². The van der Waals surface area contributed by atoms with Gasteiger partial charge in [-0.05, 0) is 152 Å². The average Bonchev–Trinajstić information content (AvgIpc) is 1.83. The zero-order chi connectivity index (χ0) is 70.9. The highest BCUT2D eigenvalue weighted by molar-refractivity contribution is 7.98. The first-order valence-corrected chi connectivity index (χ1v) is 34.5. The number of thioether (sulfide) groups is 1. The van der Waals surface area contributed by atoms with Gasteiger partial charge in [-0.1, -0.05) is 12.1 Å². The van der Waals surface area contributed by atoms with Gasteiger partial charge in [0.1, 0.15) is 45.7 Å². The van der Waals surface area contributed by atoms with Gasteiger partial charge in [-0.25, -0.2) is 4.79 Å². The van der Waals surface area contributed by atoms with Crippen molar-refractivity contribution < 1.29 is 86.2 Å². The van der Waals surface area contributed by atoms with Crippen LogP contribution in [0.25, 0.3) is 0 Å². The molecule has 1 unspecified atom stereocenters. The van der Waals surface area contributed by atoms with E-state index < -0.39 is 119 Å². The molecule has 2 aliphatic heterocycles. The Morgan fingerprint density at radius 2 is 0.825 bits per heavy atom. The molecule has 4 rings (SSSR count). The second-order valence-electron chi connectivity index (χ2n) is 22.9. The molecule has 0 bridgehead atoms. The minimum atomic E-state index is -1.24. The number of ether oxygens (including phenoxy) is 7. The highest BCUT2D eigenvalue weighted by Crippen LogP contribution is 2.34. The van der Waals surface area contributed by atoms with Crippen molar-refractivity contribution in [2.75, 3.05) is 177 Å². The molecule has 2 aromatic rings. The number of carboxylic acid groups (broad SMARTS) is 1. The van der Waals surface area contributed by atoms with Crippen LogP contribution in [0.1, 0.15) is 89.7 Å². The van der Waals surface area contributed by atoms with Gasteiger partial charge < -0.3 is 106 Å². The van der Waals surface area contributed by atoms with E-state index in [4.69, 9.17) is 56.1 Å². The molecule has 9 amide bonds. The highest BCUT2D eigenvalue weighted by Gasteiger charge is 2.33. The lowest BCUT2D eigenvalue weighted by molar-refractivity contribution is -0.154. The number of carbonyl (C=O) groups excluding carboxylic acids is 9. The van der Waals surface area contributed by atoms with Crippen molar-refractivity contribution in [1.82, 2.24) is 49.8 Å². The quantitative estimate of drug-likeness (QED) is 0.0319. The molecule has 0 saturated heterocycles. The molecule has 97 heavy (non-hydrogen) atoms. The van der Waals surface area contributed by atoms with Crippen molar-refractivity contribution in [3.8, 4) is 23.0 Å². The number of hydrogen-bond acceptors (Lipinski definition) is 23. The van der Waals surface area contributed by atoms with Crippen LogP contribution in [0.2, 0.25) is 0 Å². The third-order valence-electron chi connectivity index (χ3n) is 15.4. The first kappa shape index (κ1) is 81.8. The molecule has 32 nitrogen and oxygen atoms in total. The molecule has 0 aliphatic carbocycles. The Labute approximate surface area is 572 Å². The second-order valence-corrected chi connectivity index (χ2v) is 23.8. The van der Waals surface area contributed by atoms with Crippen LogP contribution in [0.15, 0.2) is 36.4 Å². The Hall–Kier alpha value is -7.63. The van der Waals surface area contributed by atoms with Crippen LogP contribution in [-0.2, 0) is 75.2 Å². The van der Waals surface area contributed by atoms with E-state index in [0.29, 0.717) is 111 Å². The fraction of sp³-hybridized carbons (Fsp3) is 0.656. The number of fused-ring (bicyclic) bond motifs is 2. The lowest BCUT2D eigenvalue weighted by Crippen LogP contribution is -2.53. The van der Waals surface area contributed by atoms with E-state index in [2.05, 4.69) is 10.6 Å². The van der Waals surface area contributed by atoms with Gasteiger partial charge >= 0.3 is 5.97 Å². The lowest BCUT2D eigenvalue weighted by atomic mass is 10.1. The number of amides is 9. The minimum absolute atomic E-state index is 0.0299. The van der Waals surface area contributed by atoms with E-state index >= 15 is 9.59 Å². The number of nitrogens with zero attached hydrogens (tertiary/aromatic N) is 8. The summed E-state index contributed by atoms with van der Waals surface area (Å²) >= 11 is 1.41. The van der Waals surface area contributed by atoms with Gasteiger partial charge in [0.25, 0.3) is 0 Å². The summed E-state index contributed by atoms with van der Waals surface area (Å²) in [5, 5.41) is 15.3. The maximum Gasteiger partial charge on any atom is 0.326 e. The molecule has 1 atom stereocenters. The topological polar surface area (TPSA) is 410 Å². The maximum absolute atomic E-state index is 15.1. The summed E-state index contributed by atoms with van der Waals surface area (Å²) < 4.78 is 39.1. The molecular weight excluding hydrogens is 1280 g/mol. The molecule has 2 aliphatic rings. The van der Waals surface area contributed by atoms with Crippen molar-refractivity contribution in [2.45, 2.75) is 97.7 Å². The van der Waals surface area contributed by atoms with E-state index in [9.17, 15) is 43.5 Å². The van der Waals surface area contributed by atoms with Crippen LogP contribution < -0.4 is 52.5 Å². The van der Waals surface area contributed by atoms with Crippen molar-refractivity contribution in [1.29, 1.82) is 0 Å². The van der Waals surface area contributed by atoms with Crippen LogP contribution in [0.5, 0.6) is 23.0 Å². The van der Waals surface area contributed by atoms with Crippen LogP contribution in [0.3, 0.4) is 0 Å². The summed E-state index contributed by atoms with van der Waals surface area (Å²) in [6.45, 7) is 1.51. The van der Waals surface area contributed by atoms with E-state index in [1.807, 2.05) is 6.92 Å². The van der Waals surface area contributed by atoms with Crippen molar-refractivity contribution in [3.63, 3.8) is 0 Å². The SMILES string of the molecule is CCOCNCC(=O)N(CCCCN)CC(=O)N(CCCCN)CC(=O)N(CCCCN)CC(=O)N(COCC)CC(=O)N(COCC)CC(=O)N(CC(=O)N(CC(=O)N(CCCCN)CC(=O)NC(CCSC)C(=O)O)Cc1ccc2c(c1)OCO2)Cc1ccc2c(c1)OCO2. The Bertz CT molecular complexity index is 2810. The van der Waals surface area contributed by atoms with Crippen molar-refractivity contribution in [3.05, 3.63) is 47.5 Å². The molecule has 0 fully saturated rings. The first-order valence-electron chi connectivity index (χ1n) is 33.1. The predicted octanol–water partition coefficient (Wildman–Crippen LogP) is -0.677. The van der Waals surface area contributed by atoms with Gasteiger partial charge in [0.2, 0.25) is 66.8 Å². The van der Waals surface area contributed by atoms with Crippen LogP contribution in [-0.4, -0.2) is 286 Å². The number of nitrogens with two attached hydrogens (primary N) is 4. The van der Waals surface area contributed by atoms with Crippen molar-refractivity contribution in [2.24, 2.45) is 22.9 Å². The summed E-state index contributed by atoms with van der Waals surface area (Å²) in [5.74, 6) is -5.02. The fourth-order valence-electron chi connectivity index (χ4n) is 9.95. The summed E-state index contributed by atoms with van der Waals surface area (Å²) in [6, 6.07) is 8.69. The number of carboxylic acids is 1. The molecule has 0 aromatic heterocycles. The standard InChI is InChI=1S/C64H104N14O18S/c1-5-90-43-69-32-56(80)72(26-13-9-22-66)36-57(81)73(27-14-10-23-67)37-58(82)74(28-15-11-24-68)38-62(86)78(45-92-7-3)42-63(87)77(44-91-6-2)41-61(85)76(34-49-17-19-52-54(31-49)96-47-94-52)40-60(84)75(33-48-16-18-51-53(30-48)95-46-93-51)39-59(83)71(25-12-8-21-65)35-55(79)70-50(64(88)89)20-29-97-4/h16-19,30-31,50,69H,5-15,20-29,32-47,65-68H2,1-4H3,(H,70,79)(H,88,89). The maximum atomic E-state index is 15.1. The Morgan fingerprint density at radius 3 is 1.21 bits per heavy atom. The molecule has 0 spiro atoms. The molecular formula is C64H104N14O18S. The number of rotatable bonds is 52. The van der Waals surface area contributed by atoms with Gasteiger partial charge in [0, 0.05) is 59.1 Å². The van der Waals surface area contributed by atoms with Crippen LogP contribution in [0.4, 0.5) is 0 Å². The van der Waals surface area contributed by atoms with E-state index in [0.717, 1.165) is 9.80 Å². The van der Waals surface area contributed by atoms with Crippen LogP contribution >= 0.6 is 11.8 Å². The molecule has 11 N–H and O–H groups in total. The molecule has 2 aromatic carbocycles. The highest BCUT2D eigenvalue weighted by atomic mass is 32.2. The number of nitrogens with one attached hydrogen (secondary N) is 2. The molecule has 0 radical (unpaired) electrons. The Balaban J connectivity index is 1.67. The van der Waals surface area contributed by atoms with Gasteiger partial charge in [-0.2, -0.15) is 11.8 Å². The van der Waals surface area contributed by atoms with E-state index in [-0.39, 0.29) is 111 Å². The third-order valence-corrected chi connectivity index (χ3v) is 16.1. The number of carbonyl (C=O) groups is 10. The smallest absolute Gasteiger partial charge is 0.326 e. The number of aliphatic carboxylic acids is 1. The number of hydrogen-bond donors (Lipinski definition) is 7. The lowest BCUT2D eigenvalue weighted by Gasteiger charge is -2.32. The molecule has 544 valence electrons. The third kappa shape index (κ3) is 29.9. The summed E-state index contributed by atoms with van der Waals surface area (Å²) in [7, 11) is 0. The summed E-state index contributed by atoms with van der Waals surface area (Å²) in [6.07, 6.45) is 5.74. The molecule has 0 saturated carbocycles. The molecule has 33 heteroatoms. The number of benzene rings is 2.